The summed E-state index contributed by atoms with van der Waals surface area (Å²) >= 11 is 0. The van der Waals surface area contributed by atoms with Crippen molar-refractivity contribution in [3.63, 3.8) is 0 Å². The molecule has 1 amide bonds. The van der Waals surface area contributed by atoms with E-state index >= 15 is 0 Å². The van der Waals surface area contributed by atoms with Crippen LogP contribution in [0.2, 0.25) is 0 Å². The SMILES string of the molecule is COc1cccc(C(O)CNC(=O)[C@H]2NCCO[C@@H]2C)c1. The second-order valence-electron chi connectivity index (χ2n) is 5.05. The van der Waals surface area contributed by atoms with Crippen molar-refractivity contribution in [2.75, 3.05) is 26.8 Å². The summed E-state index contributed by atoms with van der Waals surface area (Å²) in [5, 5.41) is 16.0. The maximum atomic E-state index is 12.1. The van der Waals surface area contributed by atoms with Gasteiger partial charge in [-0.1, -0.05) is 12.1 Å². The molecule has 6 heteroatoms. The minimum Gasteiger partial charge on any atom is -0.497 e. The molecule has 1 fully saturated rings. The smallest absolute Gasteiger partial charge is 0.239 e. The van der Waals surface area contributed by atoms with Crippen LogP contribution in [0.4, 0.5) is 0 Å². The van der Waals surface area contributed by atoms with Crippen molar-refractivity contribution in [1.82, 2.24) is 10.6 Å². The Kier molecular flexibility index (Phi) is 5.55. The highest BCUT2D eigenvalue weighted by Crippen LogP contribution is 2.18. The molecule has 116 valence electrons. The molecule has 6 nitrogen and oxygen atoms in total. The van der Waals surface area contributed by atoms with E-state index in [1.54, 1.807) is 31.4 Å². The molecule has 0 radical (unpaired) electrons. The molecule has 1 saturated heterocycles. The van der Waals surface area contributed by atoms with Crippen LogP contribution in [0.25, 0.3) is 0 Å². The number of benzene rings is 1. The van der Waals surface area contributed by atoms with Crippen molar-refractivity contribution in [3.8, 4) is 5.75 Å². The average molecular weight is 294 g/mol. The lowest BCUT2D eigenvalue weighted by Gasteiger charge is -2.29. The van der Waals surface area contributed by atoms with Gasteiger partial charge in [0.25, 0.3) is 0 Å². The fourth-order valence-electron chi connectivity index (χ4n) is 2.30. The van der Waals surface area contributed by atoms with E-state index in [2.05, 4.69) is 10.6 Å². The molecular formula is C15H22N2O4. The molecule has 2 rings (SSSR count). The van der Waals surface area contributed by atoms with Crippen LogP contribution in [0.5, 0.6) is 5.75 Å². The highest BCUT2D eigenvalue weighted by molar-refractivity contribution is 5.82. The lowest BCUT2D eigenvalue weighted by atomic mass is 10.1. The van der Waals surface area contributed by atoms with Crippen molar-refractivity contribution in [3.05, 3.63) is 29.8 Å². The quantitative estimate of drug-likeness (QED) is 0.724. The molecule has 0 aliphatic carbocycles. The van der Waals surface area contributed by atoms with Crippen LogP contribution in [0.3, 0.4) is 0 Å². The molecule has 3 N–H and O–H groups in total. The maximum Gasteiger partial charge on any atom is 0.239 e. The normalized spacial score (nSPS) is 23.4. The van der Waals surface area contributed by atoms with Gasteiger partial charge in [-0.2, -0.15) is 0 Å². The topological polar surface area (TPSA) is 79.8 Å². The summed E-state index contributed by atoms with van der Waals surface area (Å²) < 4.78 is 10.5. The Balaban J connectivity index is 1.87. The van der Waals surface area contributed by atoms with Crippen LogP contribution >= 0.6 is 0 Å². The summed E-state index contributed by atoms with van der Waals surface area (Å²) in [5.41, 5.74) is 0.704. The predicted molar refractivity (Wildman–Crippen MR) is 78.2 cm³/mol. The zero-order valence-corrected chi connectivity index (χ0v) is 12.3. The van der Waals surface area contributed by atoms with Crippen molar-refractivity contribution in [2.45, 2.75) is 25.2 Å². The van der Waals surface area contributed by atoms with Crippen LogP contribution in [-0.4, -0.2) is 50.0 Å². The Morgan fingerprint density at radius 2 is 2.43 bits per heavy atom. The minimum absolute atomic E-state index is 0.150. The monoisotopic (exact) mass is 294 g/mol. The molecular weight excluding hydrogens is 272 g/mol. The minimum atomic E-state index is -0.774. The molecule has 1 heterocycles. The summed E-state index contributed by atoms with van der Waals surface area (Å²) in [6, 6.07) is 6.78. The van der Waals surface area contributed by atoms with Gasteiger partial charge in [0, 0.05) is 13.1 Å². The Morgan fingerprint density at radius 1 is 1.62 bits per heavy atom. The van der Waals surface area contributed by atoms with E-state index in [4.69, 9.17) is 9.47 Å². The number of aliphatic hydroxyl groups excluding tert-OH is 1. The lowest BCUT2D eigenvalue weighted by Crippen LogP contribution is -2.55. The first-order valence-electron chi connectivity index (χ1n) is 7.06. The third-order valence-electron chi connectivity index (χ3n) is 3.55. The Hall–Kier alpha value is -1.63. The van der Waals surface area contributed by atoms with E-state index in [0.717, 1.165) is 0 Å². The Morgan fingerprint density at radius 3 is 3.14 bits per heavy atom. The van der Waals surface area contributed by atoms with Crippen molar-refractivity contribution < 1.29 is 19.4 Å². The third kappa shape index (κ3) is 4.17. The fourth-order valence-corrected chi connectivity index (χ4v) is 2.30. The zero-order valence-electron chi connectivity index (χ0n) is 12.3. The van der Waals surface area contributed by atoms with E-state index in [0.29, 0.717) is 24.5 Å². The van der Waals surface area contributed by atoms with E-state index in [1.807, 2.05) is 6.92 Å². The van der Waals surface area contributed by atoms with Gasteiger partial charge in [0.15, 0.2) is 0 Å². The number of morpholine rings is 1. The van der Waals surface area contributed by atoms with E-state index in [-0.39, 0.29) is 24.6 Å². The number of hydrogen-bond acceptors (Lipinski definition) is 5. The predicted octanol–water partition coefficient (Wildman–Crippen LogP) is 0.222. The molecule has 21 heavy (non-hydrogen) atoms. The molecule has 0 spiro atoms. The summed E-state index contributed by atoms with van der Waals surface area (Å²) in [5.74, 6) is 0.512. The number of amides is 1. The molecule has 1 aromatic carbocycles. The lowest BCUT2D eigenvalue weighted by molar-refractivity contribution is -0.129. The van der Waals surface area contributed by atoms with Gasteiger partial charge in [-0.3, -0.25) is 4.79 Å². The summed E-state index contributed by atoms with van der Waals surface area (Å²) in [4.78, 5) is 12.1. The first kappa shape index (κ1) is 15.8. The van der Waals surface area contributed by atoms with Crippen LogP contribution in [0.1, 0.15) is 18.6 Å². The van der Waals surface area contributed by atoms with Crippen LogP contribution in [0, 0.1) is 0 Å². The first-order valence-corrected chi connectivity index (χ1v) is 7.06. The molecule has 0 aromatic heterocycles. The number of aliphatic hydroxyl groups is 1. The number of ether oxygens (including phenoxy) is 2. The van der Waals surface area contributed by atoms with Crippen LogP contribution < -0.4 is 15.4 Å². The highest BCUT2D eigenvalue weighted by Gasteiger charge is 2.28. The number of carbonyl (C=O) groups excluding carboxylic acids is 1. The molecule has 1 unspecified atom stereocenters. The van der Waals surface area contributed by atoms with Gasteiger partial charge in [0.2, 0.25) is 5.91 Å². The standard InChI is InChI=1S/C15H22N2O4/c1-10-14(16-6-7-21-10)15(19)17-9-13(18)11-4-3-5-12(8-11)20-2/h3-5,8,10,13-14,16,18H,6-7,9H2,1-2H3,(H,17,19)/t10-,13?,14+/m1/s1. The molecule has 0 bridgehead atoms. The van der Waals surface area contributed by atoms with Crippen LogP contribution in [-0.2, 0) is 9.53 Å². The van der Waals surface area contributed by atoms with Gasteiger partial charge in [0.05, 0.1) is 25.9 Å². The average Bonchev–Trinajstić information content (AvgIpc) is 2.52. The second kappa shape index (κ2) is 7.40. The summed E-state index contributed by atoms with van der Waals surface area (Å²) in [7, 11) is 1.57. The molecule has 0 saturated carbocycles. The van der Waals surface area contributed by atoms with Gasteiger partial charge in [-0.15, -0.1) is 0 Å². The number of carbonyl (C=O) groups is 1. The summed E-state index contributed by atoms with van der Waals surface area (Å²) in [6.07, 6.45) is -0.948. The van der Waals surface area contributed by atoms with Gasteiger partial charge < -0.3 is 25.2 Å². The third-order valence-corrected chi connectivity index (χ3v) is 3.55. The maximum absolute atomic E-state index is 12.1. The van der Waals surface area contributed by atoms with Gasteiger partial charge in [0.1, 0.15) is 11.8 Å². The number of methoxy groups -OCH3 is 1. The number of nitrogens with one attached hydrogen (secondary N) is 2. The zero-order chi connectivity index (χ0) is 15.2. The summed E-state index contributed by atoms with van der Waals surface area (Å²) in [6.45, 7) is 3.27. The van der Waals surface area contributed by atoms with Crippen LogP contribution in [0.15, 0.2) is 24.3 Å². The number of hydrogen-bond donors (Lipinski definition) is 3. The van der Waals surface area contributed by atoms with Gasteiger partial charge in [-0.25, -0.2) is 0 Å². The van der Waals surface area contributed by atoms with E-state index in [9.17, 15) is 9.90 Å². The highest BCUT2D eigenvalue weighted by atomic mass is 16.5. The Labute approximate surface area is 124 Å². The van der Waals surface area contributed by atoms with Crippen molar-refractivity contribution >= 4 is 5.91 Å². The van der Waals surface area contributed by atoms with Crippen molar-refractivity contribution in [2.24, 2.45) is 0 Å². The van der Waals surface area contributed by atoms with Crippen molar-refractivity contribution in [1.29, 1.82) is 0 Å². The molecule has 3 atom stereocenters. The molecule has 1 aliphatic heterocycles. The van der Waals surface area contributed by atoms with E-state index < -0.39 is 6.10 Å². The first-order chi connectivity index (χ1) is 10.1. The molecule has 1 aliphatic rings. The Bertz CT molecular complexity index is 480. The second-order valence-corrected chi connectivity index (χ2v) is 5.05. The molecule has 1 aromatic rings. The number of rotatable bonds is 5. The van der Waals surface area contributed by atoms with E-state index in [1.165, 1.54) is 0 Å². The van der Waals surface area contributed by atoms with Gasteiger partial charge in [-0.05, 0) is 24.6 Å². The fraction of sp³-hybridized carbons (Fsp3) is 0.533. The largest absolute Gasteiger partial charge is 0.497 e. The van der Waals surface area contributed by atoms with Gasteiger partial charge >= 0.3 is 0 Å².